The largest absolute Gasteiger partial charge is 0.467 e. The third-order valence-corrected chi connectivity index (χ3v) is 5.45. The number of amides is 1. The first kappa shape index (κ1) is 18.3. The third kappa shape index (κ3) is 4.26. The summed E-state index contributed by atoms with van der Waals surface area (Å²) in [6.45, 7) is 2.53. The Labute approximate surface area is 167 Å². The van der Waals surface area contributed by atoms with E-state index in [2.05, 4.69) is 45.8 Å². The molecule has 0 aliphatic rings. The molecule has 0 spiro atoms. The Bertz CT molecular complexity index is 1070. The Hall–Kier alpha value is -3.06. The van der Waals surface area contributed by atoms with Gasteiger partial charge in [0.05, 0.1) is 24.6 Å². The molecule has 2 aromatic carbocycles. The summed E-state index contributed by atoms with van der Waals surface area (Å²) in [5.41, 5.74) is 1.08. The molecule has 0 aliphatic heterocycles. The van der Waals surface area contributed by atoms with E-state index in [9.17, 15) is 4.79 Å². The molecule has 1 amide bonds. The summed E-state index contributed by atoms with van der Waals surface area (Å²) in [4.78, 5) is 12.4. The van der Waals surface area contributed by atoms with Crippen molar-refractivity contribution in [3.8, 4) is 0 Å². The minimum atomic E-state index is -0.0707. The van der Waals surface area contributed by atoms with Crippen molar-refractivity contribution in [1.29, 1.82) is 0 Å². The second-order valence-electron chi connectivity index (χ2n) is 6.51. The van der Waals surface area contributed by atoms with Crippen LogP contribution in [0.5, 0.6) is 0 Å². The Morgan fingerprint density at radius 1 is 1.18 bits per heavy atom. The molecule has 1 atom stereocenters. The summed E-state index contributed by atoms with van der Waals surface area (Å²) in [5.74, 6) is 1.05. The zero-order valence-corrected chi connectivity index (χ0v) is 16.2. The topological polar surface area (TPSA) is 73.0 Å². The molecule has 0 bridgehead atoms. The van der Waals surface area contributed by atoms with Gasteiger partial charge in [0, 0.05) is 0 Å². The first-order valence-electron chi connectivity index (χ1n) is 9.00. The maximum Gasteiger partial charge on any atom is 0.230 e. The second kappa shape index (κ2) is 8.31. The van der Waals surface area contributed by atoms with Gasteiger partial charge < -0.3 is 14.3 Å². The SMILES string of the molecule is C[C@H](NC(=O)CSc1nncn1Cc1ccco1)c1ccc2ccccc2c1. The normalized spacial score (nSPS) is 12.2. The maximum absolute atomic E-state index is 12.4. The van der Waals surface area contributed by atoms with E-state index in [0.29, 0.717) is 11.7 Å². The minimum absolute atomic E-state index is 0.0433. The molecule has 2 heterocycles. The van der Waals surface area contributed by atoms with Crippen molar-refractivity contribution < 1.29 is 9.21 Å². The molecule has 1 N–H and O–H groups in total. The predicted octanol–water partition coefficient (Wildman–Crippen LogP) is 4.04. The number of aromatic nitrogens is 3. The molecule has 28 heavy (non-hydrogen) atoms. The van der Waals surface area contributed by atoms with E-state index >= 15 is 0 Å². The third-order valence-electron chi connectivity index (χ3n) is 4.47. The van der Waals surface area contributed by atoms with Gasteiger partial charge in [-0.3, -0.25) is 4.79 Å². The lowest BCUT2D eigenvalue weighted by Crippen LogP contribution is -2.28. The number of benzene rings is 2. The van der Waals surface area contributed by atoms with E-state index in [4.69, 9.17) is 4.42 Å². The number of fused-ring (bicyclic) bond motifs is 1. The number of rotatable bonds is 7. The highest BCUT2D eigenvalue weighted by molar-refractivity contribution is 7.99. The van der Waals surface area contributed by atoms with Crippen LogP contribution < -0.4 is 5.32 Å². The lowest BCUT2D eigenvalue weighted by atomic mass is 10.0. The molecule has 0 radical (unpaired) electrons. The Morgan fingerprint density at radius 3 is 2.86 bits per heavy atom. The van der Waals surface area contributed by atoms with E-state index < -0.39 is 0 Å². The molecule has 4 aromatic rings. The molecule has 7 heteroatoms. The molecule has 142 valence electrons. The highest BCUT2D eigenvalue weighted by atomic mass is 32.2. The summed E-state index contributed by atoms with van der Waals surface area (Å²) in [7, 11) is 0. The summed E-state index contributed by atoms with van der Waals surface area (Å²) in [5, 5.41) is 14.1. The predicted molar refractivity (Wildman–Crippen MR) is 109 cm³/mol. The van der Waals surface area contributed by atoms with Gasteiger partial charge in [-0.2, -0.15) is 0 Å². The molecule has 0 fully saturated rings. The van der Waals surface area contributed by atoms with Gasteiger partial charge in [0.1, 0.15) is 12.1 Å². The van der Waals surface area contributed by atoms with Crippen molar-refractivity contribution in [2.75, 3.05) is 5.75 Å². The summed E-state index contributed by atoms with van der Waals surface area (Å²) < 4.78 is 7.22. The van der Waals surface area contributed by atoms with Crippen LogP contribution in [0.2, 0.25) is 0 Å². The smallest absolute Gasteiger partial charge is 0.230 e. The van der Waals surface area contributed by atoms with Gasteiger partial charge in [0.25, 0.3) is 0 Å². The highest BCUT2D eigenvalue weighted by Gasteiger charge is 2.13. The van der Waals surface area contributed by atoms with E-state index in [-0.39, 0.29) is 17.7 Å². The molecule has 2 aromatic heterocycles. The number of hydrogen-bond acceptors (Lipinski definition) is 5. The van der Waals surface area contributed by atoms with Crippen molar-refractivity contribution in [3.63, 3.8) is 0 Å². The zero-order valence-electron chi connectivity index (χ0n) is 15.4. The Kier molecular flexibility index (Phi) is 5.43. The van der Waals surface area contributed by atoms with Crippen LogP contribution in [0.25, 0.3) is 10.8 Å². The molecular weight excluding hydrogens is 372 g/mol. The van der Waals surface area contributed by atoms with Crippen LogP contribution in [0.3, 0.4) is 0 Å². The molecule has 6 nitrogen and oxygen atoms in total. The van der Waals surface area contributed by atoms with Crippen LogP contribution >= 0.6 is 11.8 Å². The number of thioether (sulfide) groups is 1. The van der Waals surface area contributed by atoms with Crippen LogP contribution in [0.15, 0.2) is 76.8 Å². The molecule has 4 rings (SSSR count). The van der Waals surface area contributed by atoms with Gasteiger partial charge in [-0.05, 0) is 41.5 Å². The number of hydrogen-bond donors (Lipinski definition) is 1. The van der Waals surface area contributed by atoms with E-state index in [0.717, 1.165) is 11.3 Å². The fourth-order valence-electron chi connectivity index (χ4n) is 3.01. The van der Waals surface area contributed by atoms with Crippen LogP contribution in [0, 0.1) is 0 Å². The lowest BCUT2D eigenvalue weighted by molar-refractivity contribution is -0.119. The number of carbonyl (C=O) groups is 1. The number of carbonyl (C=O) groups excluding carboxylic acids is 1. The van der Waals surface area contributed by atoms with Gasteiger partial charge in [-0.15, -0.1) is 10.2 Å². The molecule has 0 aliphatic carbocycles. The number of nitrogens with zero attached hydrogens (tertiary/aromatic N) is 3. The zero-order chi connectivity index (χ0) is 19.3. The minimum Gasteiger partial charge on any atom is -0.467 e. The fourth-order valence-corrected chi connectivity index (χ4v) is 3.73. The van der Waals surface area contributed by atoms with Gasteiger partial charge >= 0.3 is 0 Å². The van der Waals surface area contributed by atoms with Crippen LogP contribution in [-0.4, -0.2) is 26.4 Å². The quantitative estimate of drug-likeness (QED) is 0.481. The molecular formula is C21H20N4O2S. The molecule has 0 saturated heterocycles. The van der Waals surface area contributed by atoms with Crippen molar-refractivity contribution in [3.05, 3.63) is 78.5 Å². The van der Waals surface area contributed by atoms with E-state index in [1.165, 1.54) is 22.5 Å². The van der Waals surface area contributed by atoms with Gasteiger partial charge in [0.2, 0.25) is 5.91 Å². The lowest BCUT2D eigenvalue weighted by Gasteiger charge is -2.15. The fraction of sp³-hybridized carbons (Fsp3) is 0.190. The highest BCUT2D eigenvalue weighted by Crippen LogP contribution is 2.21. The standard InChI is InChI=1S/C21H20N4O2S/c1-15(17-9-8-16-5-2-3-6-18(16)11-17)23-20(26)13-28-21-24-22-14-25(21)12-19-7-4-10-27-19/h2-11,14-15H,12-13H2,1H3,(H,23,26)/t15-/m0/s1. The number of furan rings is 1. The number of nitrogens with one attached hydrogen (secondary N) is 1. The summed E-state index contributed by atoms with van der Waals surface area (Å²) in [6.07, 6.45) is 3.27. The molecule has 0 unspecified atom stereocenters. The summed E-state index contributed by atoms with van der Waals surface area (Å²) >= 11 is 1.36. The van der Waals surface area contributed by atoms with Gasteiger partial charge in [-0.1, -0.05) is 48.2 Å². The van der Waals surface area contributed by atoms with Crippen LogP contribution in [0.4, 0.5) is 0 Å². The van der Waals surface area contributed by atoms with Crippen molar-refractivity contribution in [1.82, 2.24) is 20.1 Å². The first-order chi connectivity index (χ1) is 13.7. The maximum atomic E-state index is 12.4. The second-order valence-corrected chi connectivity index (χ2v) is 7.45. The molecule has 0 saturated carbocycles. The van der Waals surface area contributed by atoms with E-state index in [1.807, 2.05) is 35.8 Å². The first-order valence-corrected chi connectivity index (χ1v) is 9.98. The van der Waals surface area contributed by atoms with Crippen molar-refractivity contribution in [2.45, 2.75) is 24.7 Å². The van der Waals surface area contributed by atoms with E-state index in [1.54, 1.807) is 12.6 Å². The summed E-state index contributed by atoms with van der Waals surface area (Å²) in [6, 6.07) is 18.1. The van der Waals surface area contributed by atoms with Crippen molar-refractivity contribution >= 4 is 28.4 Å². The average Bonchev–Trinajstić information content (AvgIpc) is 3.38. The monoisotopic (exact) mass is 392 g/mol. The van der Waals surface area contributed by atoms with Crippen molar-refractivity contribution in [2.24, 2.45) is 0 Å². The Balaban J connectivity index is 1.34. The van der Waals surface area contributed by atoms with Crippen LogP contribution in [0.1, 0.15) is 24.3 Å². The van der Waals surface area contributed by atoms with Crippen LogP contribution in [-0.2, 0) is 11.3 Å². The Morgan fingerprint density at radius 2 is 2.04 bits per heavy atom. The average molecular weight is 392 g/mol. The van der Waals surface area contributed by atoms with Gasteiger partial charge in [-0.25, -0.2) is 0 Å². The van der Waals surface area contributed by atoms with Gasteiger partial charge in [0.15, 0.2) is 5.16 Å².